The van der Waals surface area contributed by atoms with Gasteiger partial charge in [-0.05, 0) is 37.8 Å². The molecule has 15 heavy (non-hydrogen) atoms. The fourth-order valence-electron chi connectivity index (χ4n) is 2.63. The predicted octanol–water partition coefficient (Wildman–Crippen LogP) is 3.98. The summed E-state index contributed by atoms with van der Waals surface area (Å²) in [5.41, 5.74) is 0. The Morgan fingerprint density at radius 3 is 2.27 bits per heavy atom. The van der Waals surface area contributed by atoms with Crippen molar-refractivity contribution < 1.29 is 0 Å². The minimum atomic E-state index is 1.01. The first-order chi connectivity index (χ1) is 7.38. The van der Waals surface area contributed by atoms with Gasteiger partial charge in [-0.3, -0.25) is 0 Å². The average Bonchev–Trinajstić information content (AvgIpc) is 2.22. The van der Waals surface area contributed by atoms with Crippen molar-refractivity contribution in [2.45, 2.75) is 65.2 Å². The van der Waals surface area contributed by atoms with Gasteiger partial charge in [-0.25, -0.2) is 0 Å². The lowest BCUT2D eigenvalue weighted by atomic mass is 9.71. The van der Waals surface area contributed by atoms with Gasteiger partial charge in [-0.1, -0.05) is 52.4 Å². The molecule has 1 rings (SSSR count). The molecule has 90 valence electrons. The van der Waals surface area contributed by atoms with E-state index in [2.05, 4.69) is 19.2 Å². The van der Waals surface area contributed by atoms with Crippen LogP contribution in [0.2, 0.25) is 0 Å². The van der Waals surface area contributed by atoms with E-state index in [1.807, 2.05) is 0 Å². The van der Waals surface area contributed by atoms with E-state index in [0.29, 0.717) is 0 Å². The Kier molecular flexibility index (Phi) is 7.08. The van der Waals surface area contributed by atoms with Crippen molar-refractivity contribution in [3.63, 3.8) is 0 Å². The second-order valence-corrected chi connectivity index (χ2v) is 5.11. The zero-order valence-corrected chi connectivity index (χ0v) is 10.7. The van der Waals surface area contributed by atoms with Gasteiger partial charge in [0.05, 0.1) is 0 Å². The number of hydrogen-bond acceptors (Lipinski definition) is 1. The van der Waals surface area contributed by atoms with Crippen LogP contribution in [0.15, 0.2) is 0 Å². The van der Waals surface area contributed by atoms with Gasteiger partial charge >= 0.3 is 0 Å². The Morgan fingerprint density at radius 1 is 0.933 bits per heavy atom. The summed E-state index contributed by atoms with van der Waals surface area (Å²) in [6.45, 7) is 6.91. The molecule has 0 radical (unpaired) electrons. The highest BCUT2D eigenvalue weighted by molar-refractivity contribution is 4.81. The van der Waals surface area contributed by atoms with E-state index in [1.54, 1.807) is 0 Å². The van der Waals surface area contributed by atoms with E-state index in [1.165, 1.54) is 57.9 Å². The van der Waals surface area contributed by atoms with E-state index in [0.717, 1.165) is 18.4 Å². The zero-order chi connectivity index (χ0) is 10.9. The molecule has 1 aliphatic carbocycles. The van der Waals surface area contributed by atoms with Crippen LogP contribution in [-0.4, -0.2) is 13.1 Å². The van der Waals surface area contributed by atoms with Crippen molar-refractivity contribution in [2.75, 3.05) is 13.1 Å². The summed E-state index contributed by atoms with van der Waals surface area (Å²) < 4.78 is 0. The highest BCUT2D eigenvalue weighted by Gasteiger charge is 2.29. The Hall–Kier alpha value is -0.0400. The number of rotatable bonds is 9. The van der Waals surface area contributed by atoms with Crippen LogP contribution >= 0.6 is 0 Å². The predicted molar refractivity (Wildman–Crippen MR) is 68.1 cm³/mol. The molecular formula is C14H29N. The van der Waals surface area contributed by atoms with Crippen LogP contribution in [0.5, 0.6) is 0 Å². The summed E-state index contributed by atoms with van der Waals surface area (Å²) in [6.07, 6.45) is 11.7. The van der Waals surface area contributed by atoms with Crippen LogP contribution in [0.4, 0.5) is 0 Å². The van der Waals surface area contributed by atoms with Crippen LogP contribution in [0.3, 0.4) is 0 Å². The van der Waals surface area contributed by atoms with E-state index >= 15 is 0 Å². The lowest BCUT2D eigenvalue weighted by Gasteiger charge is -2.37. The van der Waals surface area contributed by atoms with E-state index in [9.17, 15) is 0 Å². The summed E-state index contributed by atoms with van der Waals surface area (Å²) in [7, 11) is 0. The van der Waals surface area contributed by atoms with Crippen LogP contribution in [0, 0.1) is 11.8 Å². The number of hydrogen-bond donors (Lipinski definition) is 1. The van der Waals surface area contributed by atoms with E-state index in [-0.39, 0.29) is 0 Å². The largest absolute Gasteiger partial charge is 0.317 e. The van der Waals surface area contributed by atoms with Crippen molar-refractivity contribution in [1.82, 2.24) is 5.32 Å². The summed E-state index contributed by atoms with van der Waals surface area (Å²) in [6, 6.07) is 0. The maximum Gasteiger partial charge on any atom is -0.00180 e. The van der Waals surface area contributed by atoms with Gasteiger partial charge < -0.3 is 5.32 Å². The molecule has 1 aliphatic rings. The van der Waals surface area contributed by atoms with Crippen molar-refractivity contribution in [1.29, 1.82) is 0 Å². The lowest BCUT2D eigenvalue weighted by Crippen LogP contribution is -2.35. The zero-order valence-electron chi connectivity index (χ0n) is 10.7. The fraction of sp³-hybridized carbons (Fsp3) is 1.00. The maximum absolute atomic E-state index is 3.49. The third kappa shape index (κ3) is 5.01. The summed E-state index contributed by atoms with van der Waals surface area (Å²) in [5, 5.41) is 3.49. The van der Waals surface area contributed by atoms with E-state index in [4.69, 9.17) is 0 Å². The molecule has 1 heteroatoms. The highest BCUT2D eigenvalue weighted by atomic mass is 14.9. The molecule has 0 aliphatic heterocycles. The van der Waals surface area contributed by atoms with Gasteiger partial charge in [-0.2, -0.15) is 0 Å². The maximum atomic E-state index is 3.49. The molecule has 0 aromatic heterocycles. The molecule has 0 spiro atoms. The van der Waals surface area contributed by atoms with Gasteiger partial charge in [0.1, 0.15) is 0 Å². The second kappa shape index (κ2) is 8.15. The van der Waals surface area contributed by atoms with E-state index < -0.39 is 0 Å². The molecule has 0 heterocycles. The standard InChI is InChI=1S/C14H29N/c1-3-5-6-7-8-9-13-10-11-14(13)12-15-4-2/h13-15H,3-12H2,1-2H3. The van der Waals surface area contributed by atoms with Gasteiger partial charge in [-0.15, -0.1) is 0 Å². The van der Waals surface area contributed by atoms with Crippen LogP contribution in [-0.2, 0) is 0 Å². The van der Waals surface area contributed by atoms with Crippen molar-refractivity contribution >= 4 is 0 Å². The van der Waals surface area contributed by atoms with Crippen LogP contribution in [0.1, 0.15) is 65.2 Å². The smallest absolute Gasteiger partial charge is 0.00180 e. The second-order valence-electron chi connectivity index (χ2n) is 5.11. The molecule has 0 amide bonds. The van der Waals surface area contributed by atoms with Gasteiger partial charge in [0, 0.05) is 0 Å². The third-order valence-electron chi connectivity index (χ3n) is 3.91. The molecule has 0 aromatic carbocycles. The molecule has 2 unspecified atom stereocenters. The molecule has 1 fully saturated rings. The Labute approximate surface area is 96.0 Å². The molecule has 2 atom stereocenters. The fourth-order valence-corrected chi connectivity index (χ4v) is 2.63. The number of nitrogens with one attached hydrogen (secondary N) is 1. The molecular weight excluding hydrogens is 182 g/mol. The quantitative estimate of drug-likeness (QED) is 0.569. The molecule has 0 saturated heterocycles. The molecule has 0 bridgehead atoms. The molecule has 1 nitrogen and oxygen atoms in total. The van der Waals surface area contributed by atoms with Crippen molar-refractivity contribution in [3.05, 3.63) is 0 Å². The van der Waals surface area contributed by atoms with Crippen molar-refractivity contribution in [2.24, 2.45) is 11.8 Å². The summed E-state index contributed by atoms with van der Waals surface area (Å²) >= 11 is 0. The highest BCUT2D eigenvalue weighted by Crippen LogP contribution is 2.37. The van der Waals surface area contributed by atoms with Crippen LogP contribution in [0.25, 0.3) is 0 Å². The van der Waals surface area contributed by atoms with Gasteiger partial charge in [0.2, 0.25) is 0 Å². The normalized spacial score (nSPS) is 25.2. The molecule has 0 aromatic rings. The summed E-state index contributed by atoms with van der Waals surface area (Å²) in [5.74, 6) is 2.07. The first kappa shape index (κ1) is 13.0. The monoisotopic (exact) mass is 211 g/mol. The lowest BCUT2D eigenvalue weighted by molar-refractivity contribution is 0.157. The van der Waals surface area contributed by atoms with Gasteiger partial charge in [0.15, 0.2) is 0 Å². The SMILES string of the molecule is CCCCCCCC1CCC1CNCC. The topological polar surface area (TPSA) is 12.0 Å². The molecule has 1 N–H and O–H groups in total. The first-order valence-electron chi connectivity index (χ1n) is 7.09. The Bertz CT molecular complexity index is 144. The Balaban J connectivity index is 1.92. The van der Waals surface area contributed by atoms with Crippen LogP contribution < -0.4 is 5.32 Å². The summed E-state index contributed by atoms with van der Waals surface area (Å²) in [4.78, 5) is 0. The minimum Gasteiger partial charge on any atom is -0.317 e. The Morgan fingerprint density at radius 2 is 1.67 bits per heavy atom. The molecule has 1 saturated carbocycles. The first-order valence-corrected chi connectivity index (χ1v) is 7.09. The minimum absolute atomic E-state index is 1.01. The van der Waals surface area contributed by atoms with Gasteiger partial charge in [0.25, 0.3) is 0 Å². The average molecular weight is 211 g/mol. The third-order valence-corrected chi connectivity index (χ3v) is 3.91. The number of unbranched alkanes of at least 4 members (excludes halogenated alkanes) is 4. The van der Waals surface area contributed by atoms with Crippen molar-refractivity contribution in [3.8, 4) is 0 Å².